The molecule has 0 atom stereocenters. The summed E-state index contributed by atoms with van der Waals surface area (Å²) in [4.78, 5) is 11.8. The van der Waals surface area contributed by atoms with Crippen LogP contribution in [0, 0.1) is 0 Å². The Morgan fingerprint density at radius 3 is 2.55 bits per heavy atom. The smallest absolute Gasteiger partial charge is 0.271 e. The first-order valence-corrected chi connectivity index (χ1v) is 6.06. The molecule has 2 rings (SSSR count). The molecule has 0 bridgehead atoms. The van der Waals surface area contributed by atoms with Crippen LogP contribution in [0.15, 0.2) is 53.6 Å². The van der Waals surface area contributed by atoms with E-state index >= 15 is 0 Å². The van der Waals surface area contributed by atoms with Crippen molar-refractivity contribution in [3.63, 3.8) is 0 Å². The Balaban J connectivity index is 2.11. The number of rotatable bonds is 3. The predicted molar refractivity (Wildman–Crippen MR) is 78.6 cm³/mol. The number of phenols is 1. The topological polar surface area (TPSA) is 87.7 Å². The SMILES string of the molecule is C/C(=N/NC(=O)c1cccc(O)c1)c1cccc(N)c1. The number of benzene rings is 2. The van der Waals surface area contributed by atoms with E-state index in [0.29, 0.717) is 17.0 Å². The van der Waals surface area contributed by atoms with Gasteiger partial charge in [-0.15, -0.1) is 0 Å². The van der Waals surface area contributed by atoms with E-state index < -0.39 is 0 Å². The lowest BCUT2D eigenvalue weighted by Crippen LogP contribution is -2.19. The van der Waals surface area contributed by atoms with Crippen molar-refractivity contribution < 1.29 is 9.90 Å². The molecule has 0 fully saturated rings. The molecular weight excluding hydrogens is 254 g/mol. The van der Waals surface area contributed by atoms with E-state index in [1.165, 1.54) is 12.1 Å². The molecule has 0 unspecified atom stereocenters. The Morgan fingerprint density at radius 1 is 1.15 bits per heavy atom. The van der Waals surface area contributed by atoms with Gasteiger partial charge in [0.05, 0.1) is 5.71 Å². The fraction of sp³-hybridized carbons (Fsp3) is 0.0667. The van der Waals surface area contributed by atoms with Gasteiger partial charge in [-0.05, 0) is 42.8 Å². The van der Waals surface area contributed by atoms with Crippen molar-refractivity contribution in [1.82, 2.24) is 5.43 Å². The van der Waals surface area contributed by atoms with Crippen LogP contribution in [0.3, 0.4) is 0 Å². The summed E-state index contributed by atoms with van der Waals surface area (Å²) in [5, 5.41) is 13.3. The first-order valence-electron chi connectivity index (χ1n) is 6.06. The van der Waals surface area contributed by atoms with E-state index in [9.17, 15) is 9.90 Å². The van der Waals surface area contributed by atoms with E-state index in [2.05, 4.69) is 10.5 Å². The van der Waals surface area contributed by atoms with Crippen LogP contribution in [0.4, 0.5) is 5.69 Å². The van der Waals surface area contributed by atoms with Gasteiger partial charge >= 0.3 is 0 Å². The summed E-state index contributed by atoms with van der Waals surface area (Å²) in [6.07, 6.45) is 0. The standard InChI is InChI=1S/C15H15N3O2/c1-10(11-4-2-6-13(16)8-11)17-18-15(20)12-5-3-7-14(19)9-12/h2-9,19H,16H2,1H3,(H,18,20)/b17-10-. The maximum absolute atomic E-state index is 11.8. The average molecular weight is 269 g/mol. The first-order chi connectivity index (χ1) is 9.56. The third-order valence-corrected chi connectivity index (χ3v) is 2.74. The highest BCUT2D eigenvalue weighted by atomic mass is 16.3. The van der Waals surface area contributed by atoms with Gasteiger partial charge in [-0.25, -0.2) is 5.43 Å². The van der Waals surface area contributed by atoms with Crippen LogP contribution in [0.2, 0.25) is 0 Å². The summed E-state index contributed by atoms with van der Waals surface area (Å²) < 4.78 is 0. The lowest BCUT2D eigenvalue weighted by atomic mass is 10.1. The molecule has 0 aliphatic carbocycles. The van der Waals surface area contributed by atoms with Crippen molar-refractivity contribution >= 4 is 17.3 Å². The van der Waals surface area contributed by atoms with Crippen LogP contribution in [0.5, 0.6) is 5.75 Å². The molecule has 0 spiro atoms. The Hall–Kier alpha value is -2.82. The lowest BCUT2D eigenvalue weighted by molar-refractivity contribution is 0.0954. The highest BCUT2D eigenvalue weighted by Crippen LogP contribution is 2.11. The molecule has 0 aliphatic rings. The Bertz CT molecular complexity index is 666. The first kappa shape index (κ1) is 13.6. The van der Waals surface area contributed by atoms with Gasteiger partial charge in [0.25, 0.3) is 5.91 Å². The fourth-order valence-corrected chi connectivity index (χ4v) is 1.67. The number of aromatic hydroxyl groups is 1. The van der Waals surface area contributed by atoms with Crippen LogP contribution in [0.25, 0.3) is 0 Å². The largest absolute Gasteiger partial charge is 0.508 e. The van der Waals surface area contributed by atoms with E-state index in [0.717, 1.165) is 5.56 Å². The molecule has 102 valence electrons. The molecule has 2 aromatic carbocycles. The minimum absolute atomic E-state index is 0.0363. The molecule has 20 heavy (non-hydrogen) atoms. The van der Waals surface area contributed by atoms with Crippen molar-refractivity contribution in [2.45, 2.75) is 6.92 Å². The van der Waals surface area contributed by atoms with Gasteiger partial charge in [-0.1, -0.05) is 18.2 Å². The third kappa shape index (κ3) is 3.35. The molecule has 0 radical (unpaired) electrons. The number of anilines is 1. The zero-order valence-electron chi connectivity index (χ0n) is 11.0. The Labute approximate surface area is 116 Å². The maximum Gasteiger partial charge on any atom is 0.271 e. The third-order valence-electron chi connectivity index (χ3n) is 2.74. The average Bonchev–Trinajstić information content (AvgIpc) is 2.44. The van der Waals surface area contributed by atoms with Gasteiger partial charge in [-0.2, -0.15) is 5.10 Å². The minimum atomic E-state index is -0.385. The minimum Gasteiger partial charge on any atom is -0.508 e. The number of phenolic OH excluding ortho intramolecular Hbond substituents is 1. The second-order valence-corrected chi connectivity index (χ2v) is 4.31. The second-order valence-electron chi connectivity index (χ2n) is 4.31. The van der Waals surface area contributed by atoms with Crippen LogP contribution >= 0.6 is 0 Å². The number of nitrogen functional groups attached to an aromatic ring is 1. The van der Waals surface area contributed by atoms with Gasteiger partial charge in [0.1, 0.15) is 5.75 Å². The number of hydrogen-bond acceptors (Lipinski definition) is 4. The Kier molecular flexibility index (Phi) is 4.00. The highest BCUT2D eigenvalue weighted by Gasteiger charge is 2.05. The molecule has 1 amide bonds. The van der Waals surface area contributed by atoms with Gasteiger partial charge in [-0.3, -0.25) is 4.79 Å². The van der Waals surface area contributed by atoms with Crippen LogP contribution in [-0.4, -0.2) is 16.7 Å². The number of nitrogens with two attached hydrogens (primary N) is 1. The lowest BCUT2D eigenvalue weighted by Gasteiger charge is -2.04. The van der Waals surface area contributed by atoms with Crippen LogP contribution in [-0.2, 0) is 0 Å². The van der Waals surface area contributed by atoms with Gasteiger partial charge in [0, 0.05) is 11.3 Å². The van der Waals surface area contributed by atoms with E-state index in [1.54, 1.807) is 31.2 Å². The summed E-state index contributed by atoms with van der Waals surface area (Å²) >= 11 is 0. The second kappa shape index (κ2) is 5.88. The molecular formula is C15H15N3O2. The number of hydrogen-bond donors (Lipinski definition) is 3. The summed E-state index contributed by atoms with van der Waals surface area (Å²) in [6, 6.07) is 13.3. The predicted octanol–water partition coefficient (Wildman–Crippen LogP) is 2.13. The van der Waals surface area contributed by atoms with E-state index in [4.69, 9.17) is 5.73 Å². The molecule has 0 saturated heterocycles. The normalized spacial score (nSPS) is 11.2. The maximum atomic E-state index is 11.8. The van der Waals surface area contributed by atoms with Crippen molar-refractivity contribution in [2.24, 2.45) is 5.10 Å². The molecule has 0 aliphatic heterocycles. The van der Waals surface area contributed by atoms with E-state index in [1.807, 2.05) is 12.1 Å². The molecule has 0 aromatic heterocycles. The molecule has 0 saturated carbocycles. The van der Waals surface area contributed by atoms with Gasteiger partial charge in [0.2, 0.25) is 0 Å². The number of nitrogens with one attached hydrogen (secondary N) is 1. The van der Waals surface area contributed by atoms with E-state index in [-0.39, 0.29) is 11.7 Å². The van der Waals surface area contributed by atoms with Crippen LogP contribution in [0.1, 0.15) is 22.8 Å². The zero-order valence-corrected chi connectivity index (χ0v) is 11.0. The highest BCUT2D eigenvalue weighted by molar-refractivity contribution is 6.01. The molecule has 5 heteroatoms. The number of nitrogens with zero attached hydrogens (tertiary/aromatic N) is 1. The van der Waals surface area contributed by atoms with Crippen LogP contribution < -0.4 is 11.2 Å². The summed E-state index contributed by atoms with van der Waals surface area (Å²) in [7, 11) is 0. The summed E-state index contributed by atoms with van der Waals surface area (Å²) in [5.41, 5.74) is 10.6. The van der Waals surface area contributed by atoms with Crippen molar-refractivity contribution in [3.05, 3.63) is 59.7 Å². The molecule has 4 N–H and O–H groups in total. The fourth-order valence-electron chi connectivity index (χ4n) is 1.67. The number of carbonyl (C=O) groups excluding carboxylic acids is 1. The van der Waals surface area contributed by atoms with Crippen molar-refractivity contribution in [2.75, 3.05) is 5.73 Å². The van der Waals surface area contributed by atoms with Gasteiger partial charge in [0.15, 0.2) is 0 Å². The van der Waals surface area contributed by atoms with Gasteiger partial charge < -0.3 is 10.8 Å². The number of carbonyl (C=O) groups is 1. The molecule has 0 heterocycles. The number of amides is 1. The molecule has 5 nitrogen and oxygen atoms in total. The quantitative estimate of drug-likeness (QED) is 0.453. The summed E-state index contributed by atoms with van der Waals surface area (Å²) in [6.45, 7) is 1.78. The molecule has 2 aromatic rings. The Morgan fingerprint density at radius 2 is 1.85 bits per heavy atom. The van der Waals surface area contributed by atoms with Crippen molar-refractivity contribution in [3.8, 4) is 5.75 Å². The monoisotopic (exact) mass is 269 g/mol. The van der Waals surface area contributed by atoms with Crippen molar-refractivity contribution in [1.29, 1.82) is 0 Å². The summed E-state index contributed by atoms with van der Waals surface area (Å²) in [5.74, 6) is -0.349. The number of hydrazone groups is 1. The zero-order chi connectivity index (χ0) is 14.5.